The predicted molar refractivity (Wildman–Crippen MR) is 74.4 cm³/mol. The molecule has 0 saturated carbocycles. The number of oxazole rings is 1. The molecule has 2 rings (SSSR count). The van der Waals surface area contributed by atoms with E-state index in [1.54, 1.807) is 44.3 Å². The minimum Gasteiger partial charge on any atom is -0.484 e. The summed E-state index contributed by atoms with van der Waals surface area (Å²) in [5.41, 5.74) is 0.541. The van der Waals surface area contributed by atoms with Crippen LogP contribution in [0.4, 0.5) is 0 Å². The molecule has 0 radical (unpaired) electrons. The molecular weight excluding hydrogens is 270 g/mol. The van der Waals surface area contributed by atoms with E-state index in [4.69, 9.17) is 14.4 Å². The Bertz CT molecular complexity index is 656. The van der Waals surface area contributed by atoms with E-state index in [0.717, 1.165) is 0 Å². The van der Waals surface area contributed by atoms with E-state index in [-0.39, 0.29) is 18.6 Å². The van der Waals surface area contributed by atoms with Crippen LogP contribution in [0.2, 0.25) is 0 Å². The summed E-state index contributed by atoms with van der Waals surface area (Å²) in [6.45, 7) is 3.46. The van der Waals surface area contributed by atoms with Gasteiger partial charge in [-0.05, 0) is 38.1 Å². The first-order valence-electron chi connectivity index (χ1n) is 6.43. The topological polar surface area (TPSA) is 88.1 Å². The van der Waals surface area contributed by atoms with Crippen molar-refractivity contribution in [2.45, 2.75) is 19.9 Å². The van der Waals surface area contributed by atoms with Crippen LogP contribution in [0.1, 0.15) is 30.2 Å². The Balaban J connectivity index is 1.83. The number of carbonyl (C=O) groups is 1. The smallest absolute Gasteiger partial charge is 0.258 e. The van der Waals surface area contributed by atoms with Gasteiger partial charge in [0.05, 0.1) is 17.8 Å². The molecule has 0 aliphatic rings. The lowest BCUT2D eigenvalue weighted by atomic mass is 10.2. The number of rotatable bonds is 5. The monoisotopic (exact) mass is 285 g/mol. The zero-order valence-electron chi connectivity index (χ0n) is 11.8. The van der Waals surface area contributed by atoms with Crippen molar-refractivity contribution in [2.24, 2.45) is 0 Å². The number of hydrogen-bond donors (Lipinski definition) is 1. The van der Waals surface area contributed by atoms with Gasteiger partial charge in [-0.1, -0.05) is 0 Å². The Hall–Kier alpha value is -2.81. The number of hydrogen-bond acceptors (Lipinski definition) is 5. The van der Waals surface area contributed by atoms with Gasteiger partial charge in [-0.3, -0.25) is 4.79 Å². The highest BCUT2D eigenvalue weighted by atomic mass is 16.5. The third-order valence-corrected chi connectivity index (χ3v) is 2.74. The molecule has 1 aromatic carbocycles. The average Bonchev–Trinajstić information content (AvgIpc) is 2.92. The van der Waals surface area contributed by atoms with Crippen molar-refractivity contribution < 1.29 is 13.9 Å². The third kappa shape index (κ3) is 4.08. The number of ether oxygens (including phenoxy) is 1. The molecule has 1 aromatic heterocycles. The Morgan fingerprint density at radius 1 is 1.48 bits per heavy atom. The molecule has 1 atom stereocenters. The summed E-state index contributed by atoms with van der Waals surface area (Å²) >= 11 is 0. The van der Waals surface area contributed by atoms with E-state index in [2.05, 4.69) is 10.3 Å². The number of aryl methyl sites for hydroxylation is 1. The van der Waals surface area contributed by atoms with E-state index < -0.39 is 0 Å². The van der Waals surface area contributed by atoms with Gasteiger partial charge in [0.15, 0.2) is 6.61 Å². The zero-order chi connectivity index (χ0) is 15.2. The molecular formula is C15H15N3O3. The molecule has 0 bridgehead atoms. The van der Waals surface area contributed by atoms with Crippen molar-refractivity contribution in [2.75, 3.05) is 6.61 Å². The number of nitrogens with zero attached hydrogens (tertiary/aromatic N) is 2. The van der Waals surface area contributed by atoms with Gasteiger partial charge in [-0.25, -0.2) is 4.98 Å². The van der Waals surface area contributed by atoms with Gasteiger partial charge in [-0.15, -0.1) is 0 Å². The van der Waals surface area contributed by atoms with E-state index in [1.807, 2.05) is 6.07 Å². The number of nitrogens with one attached hydrogen (secondary N) is 1. The van der Waals surface area contributed by atoms with Crippen molar-refractivity contribution in [3.63, 3.8) is 0 Å². The van der Waals surface area contributed by atoms with Crippen LogP contribution in [0.5, 0.6) is 5.75 Å². The molecule has 1 amide bonds. The second kappa shape index (κ2) is 6.57. The summed E-state index contributed by atoms with van der Waals surface area (Å²) in [4.78, 5) is 15.8. The minimum atomic E-state index is -0.323. The van der Waals surface area contributed by atoms with Crippen molar-refractivity contribution in [1.82, 2.24) is 10.3 Å². The van der Waals surface area contributed by atoms with Gasteiger partial charge in [-0.2, -0.15) is 5.26 Å². The van der Waals surface area contributed by atoms with E-state index in [9.17, 15) is 4.79 Å². The summed E-state index contributed by atoms with van der Waals surface area (Å²) in [6, 6.07) is 8.24. The van der Waals surface area contributed by atoms with Crippen LogP contribution in [0.25, 0.3) is 0 Å². The highest BCUT2D eigenvalue weighted by Gasteiger charge is 2.14. The van der Waals surface area contributed by atoms with E-state index in [0.29, 0.717) is 23.0 Å². The second-order valence-corrected chi connectivity index (χ2v) is 4.52. The lowest BCUT2D eigenvalue weighted by Gasteiger charge is -2.11. The molecule has 1 heterocycles. The molecule has 2 aromatic rings. The van der Waals surface area contributed by atoms with Gasteiger partial charge >= 0.3 is 0 Å². The molecule has 6 heteroatoms. The summed E-state index contributed by atoms with van der Waals surface area (Å²) in [7, 11) is 0. The van der Waals surface area contributed by atoms with Crippen LogP contribution in [0.3, 0.4) is 0 Å². The summed E-state index contributed by atoms with van der Waals surface area (Å²) in [5.74, 6) is 1.41. The van der Waals surface area contributed by atoms with Gasteiger partial charge in [0.1, 0.15) is 17.6 Å². The number of carbonyl (C=O) groups excluding carboxylic acids is 1. The molecule has 1 unspecified atom stereocenters. The van der Waals surface area contributed by atoms with E-state index in [1.165, 1.54) is 0 Å². The molecule has 0 aliphatic heterocycles. The van der Waals surface area contributed by atoms with Crippen molar-refractivity contribution in [1.29, 1.82) is 5.26 Å². The normalized spacial score (nSPS) is 11.5. The van der Waals surface area contributed by atoms with Gasteiger partial charge in [0, 0.05) is 0 Å². The maximum Gasteiger partial charge on any atom is 0.258 e. The van der Waals surface area contributed by atoms with Gasteiger partial charge in [0.25, 0.3) is 5.91 Å². The molecule has 0 saturated heterocycles. The fourth-order valence-corrected chi connectivity index (χ4v) is 1.69. The van der Waals surface area contributed by atoms with Gasteiger partial charge in [0.2, 0.25) is 5.89 Å². The average molecular weight is 285 g/mol. The van der Waals surface area contributed by atoms with Crippen LogP contribution in [-0.2, 0) is 4.79 Å². The Morgan fingerprint density at radius 3 is 2.76 bits per heavy atom. The molecule has 0 aliphatic carbocycles. The summed E-state index contributed by atoms with van der Waals surface area (Å²) in [6.07, 6.45) is 1.60. The molecule has 0 fully saturated rings. The fourth-order valence-electron chi connectivity index (χ4n) is 1.69. The van der Waals surface area contributed by atoms with Crippen LogP contribution in [-0.4, -0.2) is 17.5 Å². The van der Waals surface area contributed by atoms with E-state index >= 15 is 0 Å². The van der Waals surface area contributed by atoms with Crippen molar-refractivity contribution in [3.8, 4) is 11.8 Å². The lowest BCUT2D eigenvalue weighted by Crippen LogP contribution is -2.31. The SMILES string of the molecule is Cc1cnc(C(C)NC(=O)COc2ccc(C#N)cc2)o1. The number of nitriles is 1. The molecule has 1 N–H and O–H groups in total. The molecule has 0 spiro atoms. The maximum atomic E-state index is 11.8. The first-order chi connectivity index (χ1) is 10.1. The first kappa shape index (κ1) is 14.6. The molecule has 21 heavy (non-hydrogen) atoms. The van der Waals surface area contributed by atoms with Gasteiger partial charge < -0.3 is 14.5 Å². The van der Waals surface area contributed by atoms with Crippen LogP contribution < -0.4 is 10.1 Å². The Morgan fingerprint density at radius 2 is 2.19 bits per heavy atom. The third-order valence-electron chi connectivity index (χ3n) is 2.74. The number of benzene rings is 1. The summed E-state index contributed by atoms with van der Waals surface area (Å²) < 4.78 is 10.7. The minimum absolute atomic E-state index is 0.115. The zero-order valence-corrected chi connectivity index (χ0v) is 11.8. The molecule has 108 valence electrons. The highest BCUT2D eigenvalue weighted by molar-refractivity contribution is 5.77. The molecule has 6 nitrogen and oxygen atoms in total. The Labute approximate surface area is 122 Å². The fraction of sp³-hybridized carbons (Fsp3) is 0.267. The highest BCUT2D eigenvalue weighted by Crippen LogP contribution is 2.13. The van der Waals surface area contributed by atoms with Crippen molar-refractivity contribution in [3.05, 3.63) is 47.7 Å². The number of aromatic nitrogens is 1. The standard InChI is InChI=1S/C15H15N3O3/c1-10-8-17-15(21-10)11(2)18-14(19)9-20-13-5-3-12(7-16)4-6-13/h3-6,8,11H,9H2,1-2H3,(H,18,19). The first-order valence-corrected chi connectivity index (χ1v) is 6.43. The maximum absolute atomic E-state index is 11.8. The second-order valence-electron chi connectivity index (χ2n) is 4.52. The largest absolute Gasteiger partial charge is 0.484 e. The summed E-state index contributed by atoms with van der Waals surface area (Å²) in [5, 5.41) is 11.4. The van der Waals surface area contributed by atoms with Crippen LogP contribution in [0, 0.1) is 18.3 Å². The van der Waals surface area contributed by atoms with Crippen molar-refractivity contribution >= 4 is 5.91 Å². The van der Waals surface area contributed by atoms with Crippen LogP contribution in [0.15, 0.2) is 34.9 Å². The number of amides is 1. The predicted octanol–water partition coefficient (Wildman–Crippen LogP) is 2.11. The lowest BCUT2D eigenvalue weighted by molar-refractivity contribution is -0.123. The van der Waals surface area contributed by atoms with Crippen LogP contribution >= 0.6 is 0 Å². The Kier molecular flexibility index (Phi) is 4.57. The quantitative estimate of drug-likeness (QED) is 0.909.